The quantitative estimate of drug-likeness (QED) is 0.0264. The molecule has 2 atom stereocenters. The zero-order valence-electron chi connectivity index (χ0n) is 47.1. The van der Waals surface area contributed by atoms with Crippen LogP contribution in [-0.4, -0.2) is 49.3 Å². The summed E-state index contributed by atoms with van der Waals surface area (Å²) < 4.78 is 33.0. The zero-order valence-corrected chi connectivity index (χ0v) is 48.0. The van der Waals surface area contributed by atoms with Gasteiger partial charge in [0.1, 0.15) is 6.61 Å². The Balaban J connectivity index is 4.01. The van der Waals surface area contributed by atoms with Crippen LogP contribution in [0, 0.1) is 0 Å². The minimum Gasteiger partial charge on any atom is -0.462 e. The average molecular weight is 1040 g/mol. The molecule has 0 saturated carbocycles. The molecule has 0 bridgehead atoms. The van der Waals surface area contributed by atoms with Crippen LogP contribution in [0.25, 0.3) is 0 Å². The van der Waals surface area contributed by atoms with Crippen molar-refractivity contribution in [1.82, 2.24) is 0 Å². The number of unbranched alkanes of at least 4 members (excludes halogenated alkanes) is 29. The largest absolute Gasteiger partial charge is 0.472 e. The first-order chi connectivity index (χ1) is 35.8. The molecule has 0 amide bonds. The lowest BCUT2D eigenvalue weighted by Gasteiger charge is -2.19. The number of hydrogen-bond donors (Lipinski definition) is 2. The summed E-state index contributed by atoms with van der Waals surface area (Å²) in [7, 11) is -4.40. The minimum atomic E-state index is -4.40. The molecule has 0 radical (unpaired) electrons. The van der Waals surface area contributed by atoms with Crippen LogP contribution in [0.2, 0.25) is 0 Å². The normalized spacial score (nSPS) is 13.6. The monoisotopic (exact) mass is 1040 g/mol. The fourth-order valence-electron chi connectivity index (χ4n) is 8.38. The topological polar surface area (TPSA) is 134 Å². The van der Waals surface area contributed by atoms with Gasteiger partial charge in [-0.1, -0.05) is 272 Å². The van der Waals surface area contributed by atoms with E-state index < -0.39 is 26.5 Å². The minimum absolute atomic E-state index is 0.0445. The molecule has 0 rings (SSSR count). The third kappa shape index (κ3) is 58.3. The molecule has 422 valence electrons. The van der Waals surface area contributed by atoms with Crippen LogP contribution >= 0.6 is 7.82 Å². The van der Waals surface area contributed by atoms with E-state index in [9.17, 15) is 19.0 Å². The van der Waals surface area contributed by atoms with Crippen LogP contribution in [0.15, 0.2) is 85.1 Å². The van der Waals surface area contributed by atoms with Crippen molar-refractivity contribution in [2.45, 2.75) is 277 Å². The lowest BCUT2D eigenvalue weighted by atomic mass is 10.0. The van der Waals surface area contributed by atoms with Crippen LogP contribution in [-0.2, 0) is 32.7 Å². The van der Waals surface area contributed by atoms with Crippen molar-refractivity contribution >= 4 is 19.8 Å². The van der Waals surface area contributed by atoms with E-state index in [-0.39, 0.29) is 38.6 Å². The van der Waals surface area contributed by atoms with E-state index in [1.54, 1.807) is 0 Å². The maximum atomic E-state index is 12.7. The highest BCUT2D eigenvalue weighted by Crippen LogP contribution is 2.43. The molecule has 0 aromatic rings. The second-order valence-electron chi connectivity index (χ2n) is 19.8. The second-order valence-corrected chi connectivity index (χ2v) is 21.3. The highest BCUT2D eigenvalue weighted by atomic mass is 31.2. The van der Waals surface area contributed by atoms with Gasteiger partial charge >= 0.3 is 19.8 Å². The van der Waals surface area contributed by atoms with Gasteiger partial charge in [-0.25, -0.2) is 4.57 Å². The lowest BCUT2D eigenvalue weighted by molar-refractivity contribution is -0.161. The molecule has 73 heavy (non-hydrogen) atoms. The number of phosphoric ester groups is 1. The molecule has 0 fully saturated rings. The average Bonchev–Trinajstić information content (AvgIpc) is 3.38. The smallest absolute Gasteiger partial charge is 0.462 e. The Morgan fingerprint density at radius 3 is 1.12 bits per heavy atom. The molecule has 2 unspecified atom stereocenters. The highest BCUT2D eigenvalue weighted by molar-refractivity contribution is 7.47. The number of hydrogen-bond acceptors (Lipinski definition) is 8. The summed E-state index contributed by atoms with van der Waals surface area (Å²) in [4.78, 5) is 35.2. The summed E-state index contributed by atoms with van der Waals surface area (Å²) in [6, 6.07) is 0. The summed E-state index contributed by atoms with van der Waals surface area (Å²) in [5.74, 6) is -0.861. The molecule has 0 aliphatic rings. The van der Waals surface area contributed by atoms with Gasteiger partial charge in [-0.15, -0.1) is 0 Å². The van der Waals surface area contributed by atoms with Crippen LogP contribution in [0.5, 0.6) is 0 Å². The van der Waals surface area contributed by atoms with Crippen LogP contribution < -0.4 is 5.73 Å². The van der Waals surface area contributed by atoms with Crippen molar-refractivity contribution in [1.29, 1.82) is 0 Å². The van der Waals surface area contributed by atoms with Crippen LogP contribution in [0.1, 0.15) is 271 Å². The maximum absolute atomic E-state index is 12.7. The summed E-state index contributed by atoms with van der Waals surface area (Å²) >= 11 is 0. The number of esters is 2. The van der Waals surface area contributed by atoms with E-state index in [4.69, 9.17) is 24.3 Å². The van der Waals surface area contributed by atoms with Gasteiger partial charge in [-0.2, -0.15) is 0 Å². The van der Waals surface area contributed by atoms with Gasteiger partial charge in [-0.3, -0.25) is 18.6 Å². The summed E-state index contributed by atoms with van der Waals surface area (Å²) in [6.45, 7) is 3.62. The third-order valence-corrected chi connectivity index (χ3v) is 13.8. The first-order valence-electron chi connectivity index (χ1n) is 30.1. The molecule has 0 saturated heterocycles. The Morgan fingerprint density at radius 2 is 0.753 bits per heavy atom. The molecular formula is C63H112NO8P. The molecule has 0 aromatic heterocycles. The number of carbonyl (C=O) groups is 2. The fourth-order valence-corrected chi connectivity index (χ4v) is 9.15. The molecule has 0 spiro atoms. The van der Waals surface area contributed by atoms with Crippen molar-refractivity contribution in [2.75, 3.05) is 26.4 Å². The van der Waals surface area contributed by atoms with E-state index in [2.05, 4.69) is 98.9 Å². The highest BCUT2D eigenvalue weighted by Gasteiger charge is 2.26. The van der Waals surface area contributed by atoms with Crippen molar-refractivity contribution < 1.29 is 37.6 Å². The molecule has 0 aliphatic heterocycles. The first kappa shape index (κ1) is 70.2. The number of carbonyl (C=O) groups excluding carboxylic acids is 2. The Bertz CT molecular complexity index is 1470. The second kappa shape index (κ2) is 58.5. The van der Waals surface area contributed by atoms with E-state index in [1.165, 1.54) is 154 Å². The number of ether oxygens (including phenoxy) is 2. The van der Waals surface area contributed by atoms with Gasteiger partial charge < -0.3 is 20.1 Å². The Labute approximate surface area is 449 Å². The molecule has 0 heterocycles. The zero-order chi connectivity index (χ0) is 53.1. The van der Waals surface area contributed by atoms with Crippen molar-refractivity contribution in [2.24, 2.45) is 5.73 Å². The third-order valence-electron chi connectivity index (χ3n) is 12.8. The summed E-state index contributed by atoms with van der Waals surface area (Å²) in [5, 5.41) is 0. The first-order valence-corrected chi connectivity index (χ1v) is 31.6. The van der Waals surface area contributed by atoms with Gasteiger partial charge in [0.25, 0.3) is 0 Å². The van der Waals surface area contributed by atoms with Gasteiger partial charge in [0.05, 0.1) is 13.2 Å². The molecule has 3 N–H and O–H groups in total. The van der Waals surface area contributed by atoms with E-state index >= 15 is 0 Å². The van der Waals surface area contributed by atoms with E-state index in [0.29, 0.717) is 6.42 Å². The predicted molar refractivity (Wildman–Crippen MR) is 312 cm³/mol. The van der Waals surface area contributed by atoms with E-state index in [1.807, 2.05) is 0 Å². The maximum Gasteiger partial charge on any atom is 0.472 e. The van der Waals surface area contributed by atoms with Gasteiger partial charge in [0.2, 0.25) is 0 Å². The Kier molecular flexibility index (Phi) is 56.2. The SMILES string of the molecule is CC/C=C\C/C=C\C/C=C\C/C=C\C/C=C\C/C=C\C/C=C\CCCCCC(=O)OC(COC(=O)CCCCCCCCCCCCCCCCCCCCCCCCCCCCC)COP(=O)(O)OCCN. The fraction of sp³-hybridized carbons (Fsp3) is 0.746. The number of rotatable bonds is 56. The Hall–Kier alpha value is -2.81. The molecular weight excluding hydrogens is 930 g/mol. The van der Waals surface area contributed by atoms with Crippen molar-refractivity contribution in [3.8, 4) is 0 Å². The van der Waals surface area contributed by atoms with Gasteiger partial charge in [-0.05, 0) is 70.6 Å². The summed E-state index contributed by atoms with van der Waals surface area (Å²) in [5.41, 5.74) is 5.38. The number of phosphoric acid groups is 1. The molecule has 10 heteroatoms. The molecule has 0 aromatic carbocycles. The number of nitrogens with two attached hydrogens (primary N) is 1. The van der Waals surface area contributed by atoms with Crippen LogP contribution in [0.4, 0.5) is 0 Å². The van der Waals surface area contributed by atoms with Crippen molar-refractivity contribution in [3.63, 3.8) is 0 Å². The molecule has 0 aliphatic carbocycles. The number of allylic oxidation sites excluding steroid dienone is 14. The van der Waals surface area contributed by atoms with Crippen LogP contribution in [0.3, 0.4) is 0 Å². The van der Waals surface area contributed by atoms with Gasteiger partial charge in [0, 0.05) is 19.4 Å². The summed E-state index contributed by atoms with van der Waals surface area (Å²) in [6.07, 6.45) is 76.5. The lowest BCUT2D eigenvalue weighted by Crippen LogP contribution is -2.29. The Morgan fingerprint density at radius 1 is 0.425 bits per heavy atom. The van der Waals surface area contributed by atoms with Crippen molar-refractivity contribution in [3.05, 3.63) is 85.1 Å². The van der Waals surface area contributed by atoms with Gasteiger partial charge in [0.15, 0.2) is 6.10 Å². The van der Waals surface area contributed by atoms with E-state index in [0.717, 1.165) is 83.5 Å². The molecule has 9 nitrogen and oxygen atoms in total. The standard InChI is InChI=1S/C63H112NO8P/c1-3-5-7-9-11-13-15-17-19-21-23-25-27-29-30-32-33-35-37-39-41-43-45-47-49-51-53-55-62(65)69-59-61(60-71-73(67,68)70-58-57-64)72-63(66)56-54-52-50-48-46-44-42-40-38-36-34-31-28-26-24-22-20-18-16-14-12-10-8-6-4-2/h6,8,12,14,18,20,24,26,31,34,38,40,44,46,61H,3-5,7,9-11,13,15-17,19,21-23,25,27-30,32-33,35-37,39,41-43,45,47-60,64H2,1-2H3,(H,67,68)/b8-6-,14-12-,20-18-,26-24-,34-31-,40-38-,46-44-. The predicted octanol–water partition coefficient (Wildman–Crippen LogP) is 19.1.